The maximum absolute atomic E-state index is 12.7. The fourth-order valence-electron chi connectivity index (χ4n) is 3.23. The Kier molecular flexibility index (Phi) is 5.07. The second-order valence-electron chi connectivity index (χ2n) is 6.65. The molecule has 4 aromatic rings. The number of nitrogens with one attached hydrogen (secondary N) is 1. The van der Waals surface area contributed by atoms with Crippen LogP contribution in [0.2, 0.25) is 0 Å². The lowest BCUT2D eigenvalue weighted by Crippen LogP contribution is -2.28. The fourth-order valence-corrected chi connectivity index (χ4v) is 3.23. The number of benzene rings is 3. The van der Waals surface area contributed by atoms with Crippen LogP contribution in [0.15, 0.2) is 90.0 Å². The van der Waals surface area contributed by atoms with Gasteiger partial charge in [0.15, 0.2) is 0 Å². The minimum absolute atomic E-state index is 0.111. The molecule has 0 spiro atoms. The molecule has 0 bridgehead atoms. The molecule has 0 saturated heterocycles. The second-order valence-corrected chi connectivity index (χ2v) is 6.65. The van der Waals surface area contributed by atoms with Gasteiger partial charge in [0.05, 0.1) is 28.6 Å². The number of anilines is 3. The Labute approximate surface area is 168 Å². The van der Waals surface area contributed by atoms with Gasteiger partial charge in [-0.05, 0) is 36.4 Å². The van der Waals surface area contributed by atoms with E-state index >= 15 is 0 Å². The van der Waals surface area contributed by atoms with Gasteiger partial charge in [-0.1, -0.05) is 42.5 Å². The number of hydrogen-bond donors (Lipinski definition) is 1. The van der Waals surface area contributed by atoms with Crippen molar-refractivity contribution < 1.29 is 4.79 Å². The van der Waals surface area contributed by atoms with Crippen molar-refractivity contribution in [2.75, 3.05) is 17.3 Å². The third-order valence-corrected chi connectivity index (χ3v) is 4.73. The van der Waals surface area contributed by atoms with Crippen LogP contribution in [0.4, 0.5) is 17.1 Å². The van der Waals surface area contributed by atoms with E-state index in [-0.39, 0.29) is 18.0 Å². The highest BCUT2D eigenvalue weighted by Crippen LogP contribution is 2.30. The molecule has 1 N–H and O–H groups in total. The topological polar surface area (TPSA) is 67.2 Å². The van der Waals surface area contributed by atoms with Crippen LogP contribution in [0.5, 0.6) is 0 Å². The highest BCUT2D eigenvalue weighted by Gasteiger charge is 2.13. The molecular weight excluding hydrogens is 364 g/mol. The first-order valence-electron chi connectivity index (χ1n) is 9.25. The van der Waals surface area contributed by atoms with Crippen LogP contribution in [0.25, 0.3) is 10.9 Å². The van der Waals surface area contributed by atoms with Gasteiger partial charge in [-0.2, -0.15) is 0 Å². The molecule has 0 aliphatic carbocycles. The summed E-state index contributed by atoms with van der Waals surface area (Å²) in [5, 5.41) is 3.41. The van der Waals surface area contributed by atoms with E-state index in [2.05, 4.69) is 10.3 Å². The second kappa shape index (κ2) is 7.98. The predicted molar refractivity (Wildman–Crippen MR) is 116 cm³/mol. The number of amides is 1. The number of carbonyl (C=O) groups is 1. The molecule has 1 aromatic heterocycles. The van der Waals surface area contributed by atoms with Crippen molar-refractivity contribution in [1.29, 1.82) is 0 Å². The molecule has 29 heavy (non-hydrogen) atoms. The monoisotopic (exact) mass is 384 g/mol. The zero-order valence-corrected chi connectivity index (χ0v) is 15.9. The average Bonchev–Trinajstić information content (AvgIpc) is 2.76. The molecule has 0 aliphatic heterocycles. The third kappa shape index (κ3) is 3.87. The molecule has 144 valence electrons. The molecule has 1 heterocycles. The molecule has 0 aliphatic rings. The molecule has 0 saturated carbocycles. The van der Waals surface area contributed by atoms with Crippen LogP contribution in [0, 0.1) is 0 Å². The van der Waals surface area contributed by atoms with Crippen LogP contribution in [0.1, 0.15) is 0 Å². The van der Waals surface area contributed by atoms with E-state index < -0.39 is 0 Å². The molecule has 0 radical (unpaired) electrons. The smallest absolute Gasteiger partial charge is 0.261 e. The van der Waals surface area contributed by atoms with Crippen molar-refractivity contribution in [2.45, 2.75) is 6.54 Å². The summed E-state index contributed by atoms with van der Waals surface area (Å²) in [5.74, 6) is -0.293. The van der Waals surface area contributed by atoms with Crippen molar-refractivity contribution in [2.24, 2.45) is 0 Å². The van der Waals surface area contributed by atoms with Crippen molar-refractivity contribution >= 4 is 33.9 Å². The minimum Gasteiger partial charge on any atom is -0.343 e. The van der Waals surface area contributed by atoms with Crippen molar-refractivity contribution in [3.8, 4) is 0 Å². The van der Waals surface area contributed by atoms with Gasteiger partial charge >= 0.3 is 0 Å². The summed E-state index contributed by atoms with van der Waals surface area (Å²) in [5.41, 5.74) is 2.91. The van der Waals surface area contributed by atoms with Gasteiger partial charge in [0.2, 0.25) is 5.91 Å². The zero-order valence-electron chi connectivity index (χ0n) is 15.9. The number of carbonyl (C=O) groups excluding carboxylic acids is 1. The summed E-state index contributed by atoms with van der Waals surface area (Å²) < 4.78 is 1.32. The Hall–Kier alpha value is -3.93. The van der Waals surface area contributed by atoms with Crippen LogP contribution in [0.3, 0.4) is 0 Å². The predicted octanol–water partition coefficient (Wildman–Crippen LogP) is 3.80. The van der Waals surface area contributed by atoms with Crippen LogP contribution < -0.4 is 15.8 Å². The summed E-state index contributed by atoms with van der Waals surface area (Å²) in [6, 6.07) is 24.5. The number of para-hydroxylation sites is 4. The molecule has 1 amide bonds. The molecule has 3 aromatic carbocycles. The minimum atomic E-state index is -0.293. The first-order valence-corrected chi connectivity index (χ1v) is 9.25. The number of hydrogen-bond acceptors (Lipinski definition) is 4. The van der Waals surface area contributed by atoms with E-state index in [4.69, 9.17) is 0 Å². The third-order valence-electron chi connectivity index (χ3n) is 4.73. The Bertz CT molecular complexity index is 1220. The zero-order chi connectivity index (χ0) is 20.2. The highest BCUT2D eigenvalue weighted by molar-refractivity contribution is 5.95. The normalized spacial score (nSPS) is 10.7. The largest absolute Gasteiger partial charge is 0.343 e. The summed E-state index contributed by atoms with van der Waals surface area (Å²) >= 11 is 0. The Morgan fingerprint density at radius 3 is 2.48 bits per heavy atom. The lowest BCUT2D eigenvalue weighted by molar-refractivity contribution is -0.116. The number of aromatic nitrogens is 2. The lowest BCUT2D eigenvalue weighted by Gasteiger charge is -2.22. The van der Waals surface area contributed by atoms with E-state index in [1.165, 1.54) is 10.9 Å². The van der Waals surface area contributed by atoms with Gasteiger partial charge < -0.3 is 10.2 Å². The summed E-state index contributed by atoms with van der Waals surface area (Å²) in [6.07, 6.45) is 1.41. The molecule has 0 atom stereocenters. The highest BCUT2D eigenvalue weighted by atomic mass is 16.2. The molecular formula is C23H20N4O2. The van der Waals surface area contributed by atoms with E-state index in [1.807, 2.05) is 72.6 Å². The first kappa shape index (κ1) is 18.4. The molecule has 4 rings (SSSR count). The van der Waals surface area contributed by atoms with E-state index in [0.717, 1.165) is 11.4 Å². The molecule has 0 unspecified atom stereocenters. The van der Waals surface area contributed by atoms with Gasteiger partial charge in [-0.25, -0.2) is 4.98 Å². The number of rotatable bonds is 5. The van der Waals surface area contributed by atoms with Gasteiger partial charge in [0, 0.05) is 12.7 Å². The first-order chi connectivity index (χ1) is 14.1. The fraction of sp³-hybridized carbons (Fsp3) is 0.0870. The summed E-state index contributed by atoms with van der Waals surface area (Å²) in [6.45, 7) is -0.111. The van der Waals surface area contributed by atoms with Gasteiger partial charge in [0.25, 0.3) is 5.56 Å². The Morgan fingerprint density at radius 1 is 0.966 bits per heavy atom. The number of fused-ring (bicyclic) bond motifs is 1. The molecule has 0 fully saturated rings. The maximum Gasteiger partial charge on any atom is 0.261 e. The quantitative estimate of drug-likeness (QED) is 0.568. The van der Waals surface area contributed by atoms with Crippen molar-refractivity contribution in [3.05, 3.63) is 95.5 Å². The van der Waals surface area contributed by atoms with Crippen molar-refractivity contribution in [1.82, 2.24) is 9.55 Å². The standard InChI is InChI=1S/C23H20N4O2/c1-26(17-9-3-2-4-10-17)21-14-8-7-13-20(21)25-22(28)15-27-16-24-19-12-6-5-11-18(19)23(27)29/h2-14,16H,15H2,1H3,(H,25,28). The van der Waals surface area contributed by atoms with Crippen LogP contribution in [-0.4, -0.2) is 22.5 Å². The lowest BCUT2D eigenvalue weighted by atomic mass is 10.2. The Morgan fingerprint density at radius 2 is 1.66 bits per heavy atom. The van der Waals surface area contributed by atoms with E-state index in [1.54, 1.807) is 18.2 Å². The van der Waals surface area contributed by atoms with Crippen LogP contribution in [-0.2, 0) is 11.3 Å². The van der Waals surface area contributed by atoms with Crippen LogP contribution >= 0.6 is 0 Å². The molecule has 6 nitrogen and oxygen atoms in total. The van der Waals surface area contributed by atoms with Gasteiger partial charge in [0.1, 0.15) is 6.54 Å². The number of nitrogens with zero attached hydrogens (tertiary/aromatic N) is 3. The SMILES string of the molecule is CN(c1ccccc1)c1ccccc1NC(=O)Cn1cnc2ccccc2c1=O. The summed E-state index contributed by atoms with van der Waals surface area (Å²) in [7, 11) is 1.94. The van der Waals surface area contributed by atoms with E-state index in [9.17, 15) is 9.59 Å². The Balaban J connectivity index is 1.57. The van der Waals surface area contributed by atoms with Gasteiger partial charge in [-0.15, -0.1) is 0 Å². The average molecular weight is 384 g/mol. The maximum atomic E-state index is 12.7. The van der Waals surface area contributed by atoms with Gasteiger partial charge in [-0.3, -0.25) is 14.2 Å². The molecule has 6 heteroatoms. The summed E-state index contributed by atoms with van der Waals surface area (Å²) in [4.78, 5) is 31.5. The van der Waals surface area contributed by atoms with E-state index in [0.29, 0.717) is 16.6 Å². The van der Waals surface area contributed by atoms with Crippen molar-refractivity contribution in [3.63, 3.8) is 0 Å².